The highest BCUT2D eigenvalue weighted by molar-refractivity contribution is 5.94. The molecule has 0 aromatic heterocycles. The highest BCUT2D eigenvalue weighted by atomic mass is 16.6. The van der Waals surface area contributed by atoms with Crippen molar-refractivity contribution in [3.05, 3.63) is 33.4 Å². The standard InChI is InChI=1S/C8H8N2O4/c1-4-2-5(8(11)12)6(9)3-7(4)10(13)14/h2-3H,9H2,1H3,(H,11,12). The van der Waals surface area contributed by atoms with Crippen molar-refractivity contribution >= 4 is 17.3 Å². The SMILES string of the molecule is Cc1cc(C(=O)O)c(N)cc1[N+](=O)[O-]. The van der Waals surface area contributed by atoms with Crippen LogP contribution in [0.2, 0.25) is 0 Å². The van der Waals surface area contributed by atoms with Gasteiger partial charge in [0.25, 0.3) is 5.69 Å². The molecule has 0 atom stereocenters. The Balaban J connectivity index is 3.38. The van der Waals surface area contributed by atoms with Gasteiger partial charge >= 0.3 is 5.97 Å². The number of hydrogen-bond acceptors (Lipinski definition) is 4. The average Bonchev–Trinajstić information content (AvgIpc) is 2.07. The van der Waals surface area contributed by atoms with Crippen LogP contribution in [-0.2, 0) is 0 Å². The molecule has 6 heteroatoms. The van der Waals surface area contributed by atoms with Gasteiger partial charge in [-0.05, 0) is 13.0 Å². The van der Waals surface area contributed by atoms with Crippen LogP contribution in [0.3, 0.4) is 0 Å². The van der Waals surface area contributed by atoms with Crippen molar-refractivity contribution < 1.29 is 14.8 Å². The van der Waals surface area contributed by atoms with Crippen molar-refractivity contribution in [3.63, 3.8) is 0 Å². The highest BCUT2D eigenvalue weighted by Crippen LogP contribution is 2.24. The van der Waals surface area contributed by atoms with Gasteiger partial charge in [-0.1, -0.05) is 0 Å². The Morgan fingerprint density at radius 1 is 1.57 bits per heavy atom. The van der Waals surface area contributed by atoms with Crippen LogP contribution in [0, 0.1) is 17.0 Å². The third-order valence-corrected chi connectivity index (χ3v) is 1.80. The molecule has 0 aliphatic rings. The second kappa shape index (κ2) is 3.33. The third-order valence-electron chi connectivity index (χ3n) is 1.80. The fourth-order valence-electron chi connectivity index (χ4n) is 1.09. The lowest BCUT2D eigenvalue weighted by molar-refractivity contribution is -0.385. The molecule has 1 aromatic rings. The molecule has 0 aliphatic heterocycles. The quantitative estimate of drug-likeness (QED) is 0.419. The van der Waals surface area contributed by atoms with E-state index in [-0.39, 0.29) is 22.5 Å². The van der Waals surface area contributed by atoms with Gasteiger partial charge in [-0.15, -0.1) is 0 Å². The van der Waals surface area contributed by atoms with Crippen molar-refractivity contribution in [2.75, 3.05) is 5.73 Å². The first-order valence-electron chi connectivity index (χ1n) is 3.71. The Hall–Kier alpha value is -2.11. The summed E-state index contributed by atoms with van der Waals surface area (Å²) in [4.78, 5) is 20.5. The molecule has 0 saturated carbocycles. The largest absolute Gasteiger partial charge is 0.478 e. The second-order valence-electron chi connectivity index (χ2n) is 2.79. The molecule has 1 aromatic carbocycles. The van der Waals surface area contributed by atoms with Crippen LogP contribution in [0.4, 0.5) is 11.4 Å². The molecule has 0 radical (unpaired) electrons. The number of nitrogens with zero attached hydrogens (tertiary/aromatic N) is 1. The molecular weight excluding hydrogens is 188 g/mol. The van der Waals surface area contributed by atoms with Crippen LogP contribution in [0.25, 0.3) is 0 Å². The summed E-state index contributed by atoms with van der Waals surface area (Å²) in [5.74, 6) is -1.19. The Morgan fingerprint density at radius 3 is 2.57 bits per heavy atom. The molecule has 0 heterocycles. The Labute approximate surface area is 79.1 Å². The van der Waals surface area contributed by atoms with Crippen molar-refractivity contribution in [2.45, 2.75) is 6.92 Å². The first-order valence-corrected chi connectivity index (χ1v) is 3.71. The number of nitro benzene ring substituents is 1. The molecule has 3 N–H and O–H groups in total. The van der Waals surface area contributed by atoms with Crippen molar-refractivity contribution in [2.24, 2.45) is 0 Å². The third kappa shape index (κ3) is 1.63. The minimum absolute atomic E-state index is 0.102. The van der Waals surface area contributed by atoms with Gasteiger partial charge in [0.05, 0.1) is 16.2 Å². The van der Waals surface area contributed by atoms with E-state index < -0.39 is 10.9 Å². The fourth-order valence-corrected chi connectivity index (χ4v) is 1.09. The Morgan fingerprint density at radius 2 is 2.14 bits per heavy atom. The minimum atomic E-state index is -1.19. The number of rotatable bonds is 2. The summed E-state index contributed by atoms with van der Waals surface area (Å²) >= 11 is 0. The van der Waals surface area contributed by atoms with Crippen LogP contribution in [0.5, 0.6) is 0 Å². The zero-order valence-corrected chi connectivity index (χ0v) is 7.35. The number of aryl methyl sites for hydroxylation is 1. The maximum atomic E-state index is 10.6. The lowest BCUT2D eigenvalue weighted by atomic mass is 10.1. The summed E-state index contributed by atoms with van der Waals surface area (Å²) in [7, 11) is 0. The van der Waals surface area contributed by atoms with Crippen LogP contribution in [-0.4, -0.2) is 16.0 Å². The zero-order chi connectivity index (χ0) is 10.9. The predicted molar refractivity (Wildman–Crippen MR) is 49.2 cm³/mol. The van der Waals surface area contributed by atoms with Gasteiger partial charge in [0, 0.05) is 11.6 Å². The van der Waals surface area contributed by atoms with Gasteiger partial charge in [-0.25, -0.2) is 4.79 Å². The first-order chi connectivity index (χ1) is 6.43. The molecule has 0 aliphatic carbocycles. The first kappa shape index (κ1) is 9.97. The minimum Gasteiger partial charge on any atom is -0.478 e. The molecule has 74 valence electrons. The maximum absolute atomic E-state index is 10.6. The van der Waals surface area contributed by atoms with Gasteiger partial charge in [0.2, 0.25) is 0 Å². The number of anilines is 1. The normalized spacial score (nSPS) is 9.79. The number of benzene rings is 1. The van der Waals surface area contributed by atoms with E-state index in [1.54, 1.807) is 0 Å². The number of carboxylic acids is 1. The second-order valence-corrected chi connectivity index (χ2v) is 2.79. The number of hydrogen-bond donors (Lipinski definition) is 2. The maximum Gasteiger partial charge on any atom is 0.337 e. The fraction of sp³-hybridized carbons (Fsp3) is 0.125. The van der Waals surface area contributed by atoms with Crippen molar-refractivity contribution in [1.29, 1.82) is 0 Å². The summed E-state index contributed by atoms with van der Waals surface area (Å²) in [5.41, 5.74) is 5.23. The molecule has 14 heavy (non-hydrogen) atoms. The monoisotopic (exact) mass is 196 g/mol. The number of nitrogen functional groups attached to an aromatic ring is 1. The van der Waals surface area contributed by atoms with E-state index in [2.05, 4.69) is 0 Å². The molecule has 0 unspecified atom stereocenters. The number of carbonyl (C=O) groups is 1. The number of nitrogens with two attached hydrogens (primary N) is 1. The van der Waals surface area contributed by atoms with Gasteiger partial charge in [-0.2, -0.15) is 0 Å². The molecule has 0 amide bonds. The lowest BCUT2D eigenvalue weighted by Crippen LogP contribution is -2.04. The van der Waals surface area contributed by atoms with E-state index >= 15 is 0 Å². The van der Waals surface area contributed by atoms with E-state index in [1.165, 1.54) is 13.0 Å². The summed E-state index contributed by atoms with van der Waals surface area (Å²) in [5, 5.41) is 19.1. The highest BCUT2D eigenvalue weighted by Gasteiger charge is 2.16. The summed E-state index contributed by atoms with van der Waals surface area (Å²) in [6.07, 6.45) is 0. The van der Waals surface area contributed by atoms with Gasteiger partial charge in [0.15, 0.2) is 0 Å². The number of aromatic carboxylic acids is 1. The van der Waals surface area contributed by atoms with E-state index in [4.69, 9.17) is 10.8 Å². The Kier molecular flexibility index (Phi) is 2.37. The van der Waals surface area contributed by atoms with E-state index in [0.29, 0.717) is 0 Å². The van der Waals surface area contributed by atoms with Gasteiger partial charge in [-0.3, -0.25) is 10.1 Å². The molecular formula is C8H8N2O4. The molecule has 1 rings (SSSR count). The van der Waals surface area contributed by atoms with E-state index in [1.807, 2.05) is 0 Å². The van der Waals surface area contributed by atoms with Gasteiger partial charge < -0.3 is 10.8 Å². The number of nitro groups is 1. The van der Waals surface area contributed by atoms with Gasteiger partial charge in [0.1, 0.15) is 0 Å². The summed E-state index contributed by atoms with van der Waals surface area (Å²) in [6, 6.07) is 2.24. The van der Waals surface area contributed by atoms with Crippen molar-refractivity contribution in [3.8, 4) is 0 Å². The zero-order valence-electron chi connectivity index (χ0n) is 7.35. The molecule has 0 fully saturated rings. The smallest absolute Gasteiger partial charge is 0.337 e. The molecule has 0 spiro atoms. The van der Waals surface area contributed by atoms with E-state index in [0.717, 1.165) is 6.07 Å². The van der Waals surface area contributed by atoms with Crippen LogP contribution >= 0.6 is 0 Å². The van der Waals surface area contributed by atoms with Crippen molar-refractivity contribution in [1.82, 2.24) is 0 Å². The van der Waals surface area contributed by atoms with E-state index in [9.17, 15) is 14.9 Å². The molecule has 0 bridgehead atoms. The summed E-state index contributed by atoms with van der Waals surface area (Å²) < 4.78 is 0. The van der Waals surface area contributed by atoms with Crippen LogP contribution in [0.1, 0.15) is 15.9 Å². The average molecular weight is 196 g/mol. The topological polar surface area (TPSA) is 106 Å². The predicted octanol–water partition coefficient (Wildman–Crippen LogP) is 1.18. The lowest BCUT2D eigenvalue weighted by Gasteiger charge is -2.02. The van der Waals surface area contributed by atoms with Crippen LogP contribution in [0.15, 0.2) is 12.1 Å². The van der Waals surface area contributed by atoms with Crippen LogP contribution < -0.4 is 5.73 Å². The molecule has 0 saturated heterocycles. The molecule has 6 nitrogen and oxygen atoms in total. The number of carboxylic acid groups (broad SMARTS) is 1. The Bertz CT molecular complexity index is 374. The summed E-state index contributed by atoms with van der Waals surface area (Å²) in [6.45, 7) is 1.46.